The zero-order valence-corrected chi connectivity index (χ0v) is 20.1. The molecule has 0 aliphatic carbocycles. The minimum atomic E-state index is -0.469. The molecule has 2 aromatic heterocycles. The van der Waals surface area contributed by atoms with Gasteiger partial charge in [-0.3, -0.25) is 14.6 Å². The molecule has 178 valence electrons. The van der Waals surface area contributed by atoms with Crippen LogP contribution >= 0.6 is 11.3 Å². The number of aliphatic hydroxyl groups excluding tert-OH is 1. The Hall–Kier alpha value is -3.11. The summed E-state index contributed by atoms with van der Waals surface area (Å²) < 4.78 is 0. The number of carbonyl (C=O) groups is 1. The van der Waals surface area contributed by atoms with Gasteiger partial charge in [-0.1, -0.05) is 30.3 Å². The molecule has 8 nitrogen and oxygen atoms in total. The zero-order chi connectivity index (χ0) is 23.9. The highest BCUT2D eigenvalue weighted by Crippen LogP contribution is 2.28. The first-order chi connectivity index (χ1) is 16.5. The van der Waals surface area contributed by atoms with Gasteiger partial charge in [0.15, 0.2) is 5.13 Å². The van der Waals surface area contributed by atoms with Crippen molar-refractivity contribution in [2.24, 2.45) is 5.73 Å². The molecule has 0 saturated carbocycles. The molecule has 9 heteroatoms. The quantitative estimate of drug-likeness (QED) is 0.406. The molecule has 3 aromatic rings. The van der Waals surface area contributed by atoms with Crippen molar-refractivity contribution < 1.29 is 9.90 Å². The second-order valence-corrected chi connectivity index (χ2v) is 9.54. The number of β-amino-alcohol motifs (C(OH)–C–C–N with tert-alkyl or cyclic N) is 1. The largest absolute Gasteiger partial charge is 0.395 e. The predicted molar refractivity (Wildman–Crippen MR) is 137 cm³/mol. The minimum Gasteiger partial charge on any atom is -0.395 e. The Balaban J connectivity index is 1.58. The number of aliphatic hydroxyl groups is 1. The number of nitrogens with two attached hydrogens (primary N) is 1. The van der Waals surface area contributed by atoms with Gasteiger partial charge in [0.1, 0.15) is 5.82 Å². The molecule has 3 heterocycles. The summed E-state index contributed by atoms with van der Waals surface area (Å²) in [5.41, 5.74) is 9.18. The van der Waals surface area contributed by atoms with Crippen LogP contribution in [-0.2, 0) is 11.3 Å². The third-order valence-corrected chi connectivity index (χ3v) is 6.56. The van der Waals surface area contributed by atoms with Crippen molar-refractivity contribution in [1.29, 1.82) is 0 Å². The van der Waals surface area contributed by atoms with Gasteiger partial charge in [-0.2, -0.15) is 0 Å². The molecule has 4 rings (SSSR count). The number of primary amides is 1. The van der Waals surface area contributed by atoms with E-state index in [1.165, 1.54) is 6.08 Å². The molecular formula is C25H30N6O2S. The van der Waals surface area contributed by atoms with Gasteiger partial charge in [0.2, 0.25) is 5.91 Å². The number of hydrogen-bond acceptors (Lipinski definition) is 8. The Kier molecular flexibility index (Phi) is 8.02. The summed E-state index contributed by atoms with van der Waals surface area (Å²) in [5, 5.41) is 13.3. The fraction of sp³-hybridized carbons (Fsp3) is 0.320. The average molecular weight is 479 g/mol. The summed E-state index contributed by atoms with van der Waals surface area (Å²) in [6, 6.07) is 12.1. The summed E-state index contributed by atoms with van der Waals surface area (Å²) in [5.74, 6) is 0.280. The number of carbonyl (C=O) groups excluding carboxylic acids is 1. The van der Waals surface area contributed by atoms with Gasteiger partial charge in [0.05, 0.1) is 12.3 Å². The first kappa shape index (κ1) is 24.0. The van der Waals surface area contributed by atoms with Crippen molar-refractivity contribution in [3.63, 3.8) is 0 Å². The van der Waals surface area contributed by atoms with E-state index in [0.717, 1.165) is 77.5 Å². The number of anilines is 2. The number of thiazole rings is 1. The molecule has 0 atom stereocenters. The number of nitrogens with one attached hydrogen (secondary N) is 1. The Morgan fingerprint density at radius 1 is 1.15 bits per heavy atom. The Labute approximate surface area is 203 Å². The predicted octanol–water partition coefficient (Wildman–Crippen LogP) is 2.87. The van der Waals surface area contributed by atoms with E-state index >= 15 is 0 Å². The number of amides is 1. The summed E-state index contributed by atoms with van der Waals surface area (Å²) >= 11 is 1.59. The van der Waals surface area contributed by atoms with Crippen molar-refractivity contribution in [3.8, 4) is 11.3 Å². The van der Waals surface area contributed by atoms with Crippen LogP contribution in [0.4, 0.5) is 10.9 Å². The fourth-order valence-electron chi connectivity index (χ4n) is 3.94. The van der Waals surface area contributed by atoms with E-state index in [-0.39, 0.29) is 6.61 Å². The molecule has 4 N–H and O–H groups in total. The maximum absolute atomic E-state index is 11.0. The molecule has 1 aromatic carbocycles. The lowest BCUT2D eigenvalue weighted by atomic mass is 10.0. The number of benzene rings is 1. The zero-order valence-electron chi connectivity index (χ0n) is 19.3. The Bertz CT molecular complexity index is 1140. The van der Waals surface area contributed by atoms with Crippen molar-refractivity contribution in [1.82, 2.24) is 19.8 Å². The second kappa shape index (κ2) is 11.3. The SMILES string of the molecule is Cc1cnc(Nc2ccc(CN3CCN(CCO)CC3)c(-c3ccc(C=CC(N)=O)cc3)n2)s1. The molecule has 0 bridgehead atoms. The Morgan fingerprint density at radius 2 is 1.88 bits per heavy atom. The number of nitrogens with zero attached hydrogens (tertiary/aromatic N) is 4. The van der Waals surface area contributed by atoms with Crippen LogP contribution in [0.15, 0.2) is 48.7 Å². The lowest BCUT2D eigenvalue weighted by molar-refractivity contribution is -0.113. The monoisotopic (exact) mass is 478 g/mol. The van der Waals surface area contributed by atoms with Crippen molar-refractivity contribution >= 4 is 34.3 Å². The van der Waals surface area contributed by atoms with E-state index in [4.69, 9.17) is 10.7 Å². The van der Waals surface area contributed by atoms with Gasteiger partial charge in [0, 0.05) is 62.0 Å². The second-order valence-electron chi connectivity index (χ2n) is 8.30. The summed E-state index contributed by atoms with van der Waals surface area (Å²) in [6.45, 7) is 7.57. The smallest absolute Gasteiger partial charge is 0.241 e. The van der Waals surface area contributed by atoms with E-state index in [1.54, 1.807) is 17.4 Å². The maximum Gasteiger partial charge on any atom is 0.241 e. The number of rotatable bonds is 9. The number of pyridine rings is 1. The highest BCUT2D eigenvalue weighted by molar-refractivity contribution is 7.15. The van der Waals surface area contributed by atoms with Gasteiger partial charge in [-0.05, 0) is 30.2 Å². The average Bonchev–Trinajstić information content (AvgIpc) is 3.25. The summed E-state index contributed by atoms with van der Waals surface area (Å²) in [7, 11) is 0. The maximum atomic E-state index is 11.0. The number of aromatic nitrogens is 2. The molecule has 1 fully saturated rings. The third kappa shape index (κ3) is 6.48. The highest BCUT2D eigenvalue weighted by Gasteiger charge is 2.19. The van der Waals surface area contributed by atoms with Gasteiger partial charge in [-0.15, -0.1) is 11.3 Å². The summed E-state index contributed by atoms with van der Waals surface area (Å²) in [6.07, 6.45) is 4.90. The van der Waals surface area contributed by atoms with Crippen LogP contribution in [0.3, 0.4) is 0 Å². The van der Waals surface area contributed by atoms with Gasteiger partial charge in [0.25, 0.3) is 0 Å². The van der Waals surface area contributed by atoms with E-state index in [2.05, 4.69) is 26.2 Å². The van der Waals surface area contributed by atoms with Crippen molar-refractivity contribution in [3.05, 3.63) is 64.7 Å². The number of aryl methyl sites for hydroxylation is 1. The molecule has 0 spiro atoms. The molecular weight excluding hydrogens is 448 g/mol. The van der Waals surface area contributed by atoms with E-state index in [0.29, 0.717) is 0 Å². The molecule has 1 aliphatic heterocycles. The lowest BCUT2D eigenvalue weighted by Gasteiger charge is -2.34. The van der Waals surface area contributed by atoms with Crippen molar-refractivity contribution in [2.75, 3.05) is 44.6 Å². The van der Waals surface area contributed by atoms with E-state index in [1.807, 2.05) is 43.5 Å². The number of hydrogen-bond donors (Lipinski definition) is 3. The molecule has 1 aliphatic rings. The highest BCUT2D eigenvalue weighted by atomic mass is 32.1. The normalized spacial score (nSPS) is 15.1. The van der Waals surface area contributed by atoms with E-state index < -0.39 is 5.91 Å². The molecule has 0 radical (unpaired) electrons. The molecule has 0 unspecified atom stereocenters. The van der Waals surface area contributed by atoms with Crippen LogP contribution in [0.2, 0.25) is 0 Å². The molecule has 1 amide bonds. The third-order valence-electron chi connectivity index (χ3n) is 5.73. The number of piperazine rings is 1. The molecule has 34 heavy (non-hydrogen) atoms. The van der Waals surface area contributed by atoms with Crippen LogP contribution < -0.4 is 11.1 Å². The standard InChI is InChI=1S/C25H30N6O2S/c1-18-16-27-25(34-18)29-23-9-7-21(17-31-12-10-30(11-13-31)14-15-32)24(28-23)20-5-2-19(3-6-20)4-8-22(26)33/h2-9,16,32H,10-15,17H2,1H3,(H2,26,33)(H,27,28,29). The van der Waals surface area contributed by atoms with Crippen molar-refractivity contribution in [2.45, 2.75) is 13.5 Å². The topological polar surface area (TPSA) is 108 Å². The molecule has 1 saturated heterocycles. The van der Waals surface area contributed by atoms with Crippen LogP contribution in [0.5, 0.6) is 0 Å². The van der Waals surface area contributed by atoms with Gasteiger partial charge < -0.3 is 16.2 Å². The fourth-order valence-corrected chi connectivity index (χ4v) is 4.61. The van der Waals surface area contributed by atoms with Gasteiger partial charge in [-0.25, -0.2) is 9.97 Å². The van der Waals surface area contributed by atoms with Gasteiger partial charge >= 0.3 is 0 Å². The summed E-state index contributed by atoms with van der Waals surface area (Å²) in [4.78, 5) is 26.2. The van der Waals surface area contributed by atoms with Crippen LogP contribution in [-0.4, -0.2) is 70.1 Å². The minimum absolute atomic E-state index is 0.200. The van der Waals surface area contributed by atoms with Crippen LogP contribution in [0.25, 0.3) is 17.3 Å². The lowest BCUT2D eigenvalue weighted by Crippen LogP contribution is -2.46. The van der Waals surface area contributed by atoms with Crippen LogP contribution in [0, 0.1) is 6.92 Å². The van der Waals surface area contributed by atoms with E-state index in [9.17, 15) is 9.90 Å². The first-order valence-electron chi connectivity index (χ1n) is 11.3. The van der Waals surface area contributed by atoms with Crippen LogP contribution in [0.1, 0.15) is 16.0 Å². The first-order valence-corrected chi connectivity index (χ1v) is 12.1. The Morgan fingerprint density at radius 3 is 2.53 bits per heavy atom.